The third-order valence-corrected chi connectivity index (χ3v) is 8.69. The number of nitrogen functional groups attached to an aromatic ring is 1. The third-order valence-electron chi connectivity index (χ3n) is 8.69. The number of ether oxygens (including phenoxy) is 2. The normalized spacial score (nSPS) is 18.7. The molecule has 2 saturated heterocycles. The number of alkyl halides is 3. The van der Waals surface area contributed by atoms with Gasteiger partial charge in [-0.25, -0.2) is 15.0 Å². The van der Waals surface area contributed by atoms with Gasteiger partial charge in [-0.1, -0.05) is 12.1 Å². The summed E-state index contributed by atoms with van der Waals surface area (Å²) in [6.07, 6.45) is -0.649. The van der Waals surface area contributed by atoms with E-state index in [2.05, 4.69) is 15.3 Å². The largest absolute Gasteiger partial charge is 0.416 e. The second-order valence-corrected chi connectivity index (χ2v) is 12.1. The summed E-state index contributed by atoms with van der Waals surface area (Å²) in [6.45, 7) is 5.79. The van der Waals surface area contributed by atoms with Crippen molar-refractivity contribution in [3.8, 4) is 11.3 Å². The van der Waals surface area contributed by atoms with E-state index < -0.39 is 23.1 Å². The lowest BCUT2D eigenvalue weighted by atomic mass is 9.85. The maximum Gasteiger partial charge on any atom is 0.416 e. The summed E-state index contributed by atoms with van der Waals surface area (Å²) in [5.41, 5.74) is 7.75. The Balaban J connectivity index is 1.34. The first kappa shape index (κ1) is 31.4. The fourth-order valence-corrected chi connectivity index (χ4v) is 6.00. The van der Waals surface area contributed by atoms with Crippen LogP contribution in [0.3, 0.4) is 0 Å². The van der Waals surface area contributed by atoms with Crippen LogP contribution >= 0.6 is 0 Å². The number of carbonyl (C=O) groups is 2. The molecule has 0 aliphatic carbocycles. The number of likely N-dealkylation sites (tertiary alicyclic amines) is 1. The molecule has 2 aliphatic heterocycles. The second kappa shape index (κ2) is 12.0. The number of imidazole rings is 1. The Kier molecular flexibility index (Phi) is 8.19. The van der Waals surface area contributed by atoms with Crippen LogP contribution in [-0.2, 0) is 20.4 Å². The van der Waals surface area contributed by atoms with E-state index >= 15 is 0 Å². The number of nitrogens with one attached hydrogen (secondary N) is 1. The molecule has 0 bridgehead atoms. The van der Waals surface area contributed by atoms with Crippen LogP contribution < -0.4 is 11.1 Å². The molecule has 14 heteroatoms. The highest BCUT2D eigenvalue weighted by atomic mass is 19.4. The van der Waals surface area contributed by atoms with Crippen molar-refractivity contribution in [2.45, 2.75) is 44.9 Å². The third kappa shape index (κ3) is 5.78. The Labute approximate surface area is 262 Å². The zero-order valence-corrected chi connectivity index (χ0v) is 25.6. The Hall–Kier alpha value is -4.56. The maximum absolute atomic E-state index is 13.4. The number of amides is 2. The lowest BCUT2D eigenvalue weighted by Crippen LogP contribution is -2.55. The minimum absolute atomic E-state index is 0.0744. The molecule has 2 fully saturated rings. The van der Waals surface area contributed by atoms with Gasteiger partial charge in [-0.3, -0.25) is 14.0 Å². The van der Waals surface area contributed by atoms with E-state index in [9.17, 15) is 22.8 Å². The summed E-state index contributed by atoms with van der Waals surface area (Å²) < 4.78 is 52.3. The minimum Gasteiger partial charge on any atom is -0.382 e. The molecule has 2 aliphatic rings. The first-order valence-corrected chi connectivity index (χ1v) is 14.9. The van der Waals surface area contributed by atoms with E-state index in [1.165, 1.54) is 0 Å². The van der Waals surface area contributed by atoms with Gasteiger partial charge in [0, 0.05) is 43.4 Å². The van der Waals surface area contributed by atoms with E-state index in [4.69, 9.17) is 20.2 Å². The Morgan fingerprint density at radius 1 is 1.17 bits per heavy atom. The molecule has 1 aromatic carbocycles. The van der Waals surface area contributed by atoms with Crippen molar-refractivity contribution in [1.29, 1.82) is 0 Å². The Bertz CT molecular complexity index is 1790. The summed E-state index contributed by atoms with van der Waals surface area (Å²) in [4.78, 5) is 41.6. The molecular formula is C32H34F3N7O4. The average Bonchev–Trinajstić information content (AvgIpc) is 3.44. The van der Waals surface area contributed by atoms with Crippen LogP contribution in [0.15, 0.2) is 48.8 Å². The lowest BCUT2D eigenvalue weighted by molar-refractivity contribution is -0.170. The molecule has 0 saturated carbocycles. The Morgan fingerprint density at radius 3 is 2.57 bits per heavy atom. The summed E-state index contributed by atoms with van der Waals surface area (Å²) in [7, 11) is 1.60. The summed E-state index contributed by atoms with van der Waals surface area (Å²) in [5, 5.41) is 2.42. The number of nitrogens with zero attached hydrogens (tertiary/aromatic N) is 5. The zero-order chi connectivity index (χ0) is 32.8. The number of anilines is 2. The lowest BCUT2D eigenvalue weighted by Gasteiger charge is -2.42. The van der Waals surface area contributed by atoms with Crippen molar-refractivity contribution in [2.24, 2.45) is 5.41 Å². The van der Waals surface area contributed by atoms with E-state index in [1.54, 1.807) is 37.6 Å². The van der Waals surface area contributed by atoms with Gasteiger partial charge in [0.15, 0.2) is 0 Å². The van der Waals surface area contributed by atoms with Gasteiger partial charge in [0.25, 0.3) is 5.91 Å². The highest BCUT2D eigenvalue weighted by molar-refractivity contribution is 6.04. The molecule has 242 valence electrons. The minimum atomic E-state index is -4.57. The van der Waals surface area contributed by atoms with Crippen LogP contribution in [0.5, 0.6) is 0 Å². The molecule has 46 heavy (non-hydrogen) atoms. The predicted molar refractivity (Wildman–Crippen MR) is 163 cm³/mol. The molecule has 6 rings (SSSR count). The van der Waals surface area contributed by atoms with Crippen LogP contribution in [0, 0.1) is 5.41 Å². The molecular weight excluding hydrogens is 603 g/mol. The number of benzene rings is 1. The molecule has 11 nitrogen and oxygen atoms in total. The summed E-state index contributed by atoms with van der Waals surface area (Å²) in [6, 6.07) is 8.11. The Morgan fingerprint density at radius 2 is 1.91 bits per heavy atom. The molecule has 3 aromatic heterocycles. The van der Waals surface area contributed by atoms with Crippen molar-refractivity contribution < 1.29 is 32.2 Å². The number of hydrogen-bond acceptors (Lipinski definition) is 8. The topological polar surface area (TPSA) is 137 Å². The number of rotatable bonds is 7. The fraction of sp³-hybridized carbons (Fsp3) is 0.406. The highest BCUT2D eigenvalue weighted by Crippen LogP contribution is 2.38. The SMILES string of the molecule is CO[C@@H](C)c1cnc(N)c2c(-c3ccc(C(=O)Nc4cc(C(F)(F)F)ccn4)cc3)nc([C@@H]3CCCN(C(=O)C4(C)COC4)C3)n12. The number of aromatic nitrogens is 4. The van der Waals surface area contributed by atoms with Crippen LogP contribution in [0.2, 0.25) is 0 Å². The summed E-state index contributed by atoms with van der Waals surface area (Å²) in [5.74, 6) is 0.113. The van der Waals surface area contributed by atoms with Gasteiger partial charge in [0.2, 0.25) is 5.91 Å². The highest BCUT2D eigenvalue weighted by Gasteiger charge is 2.45. The number of halogens is 3. The molecule has 0 radical (unpaired) electrons. The fourth-order valence-electron chi connectivity index (χ4n) is 6.00. The number of carbonyl (C=O) groups excluding carboxylic acids is 2. The van der Waals surface area contributed by atoms with Gasteiger partial charge >= 0.3 is 6.18 Å². The molecule has 3 N–H and O–H groups in total. The quantitative estimate of drug-likeness (QED) is 0.286. The van der Waals surface area contributed by atoms with Crippen LogP contribution in [0.1, 0.15) is 66.2 Å². The number of piperidine rings is 1. The molecule has 2 atom stereocenters. The molecule has 0 unspecified atom stereocenters. The van der Waals surface area contributed by atoms with Gasteiger partial charge in [-0.15, -0.1) is 0 Å². The van der Waals surface area contributed by atoms with E-state index in [0.717, 1.165) is 42.7 Å². The molecule has 4 aromatic rings. The van der Waals surface area contributed by atoms with Crippen molar-refractivity contribution in [2.75, 3.05) is 44.5 Å². The predicted octanol–water partition coefficient (Wildman–Crippen LogP) is 5.09. The van der Waals surface area contributed by atoms with Crippen LogP contribution in [0.4, 0.5) is 24.8 Å². The number of pyridine rings is 1. The van der Waals surface area contributed by atoms with Gasteiger partial charge in [0.1, 0.15) is 28.7 Å². The monoisotopic (exact) mass is 637 g/mol. The van der Waals surface area contributed by atoms with Gasteiger partial charge < -0.3 is 25.4 Å². The van der Waals surface area contributed by atoms with E-state index in [0.29, 0.717) is 43.1 Å². The van der Waals surface area contributed by atoms with Gasteiger partial charge in [-0.05, 0) is 51.0 Å². The van der Waals surface area contributed by atoms with Crippen molar-refractivity contribution in [1.82, 2.24) is 24.3 Å². The van der Waals surface area contributed by atoms with Crippen molar-refractivity contribution in [3.63, 3.8) is 0 Å². The number of methoxy groups -OCH3 is 1. The first-order valence-electron chi connectivity index (χ1n) is 14.9. The number of fused-ring (bicyclic) bond motifs is 1. The smallest absolute Gasteiger partial charge is 0.382 e. The van der Waals surface area contributed by atoms with Crippen molar-refractivity contribution >= 4 is 29.0 Å². The number of hydrogen-bond donors (Lipinski definition) is 2. The summed E-state index contributed by atoms with van der Waals surface area (Å²) >= 11 is 0. The van der Waals surface area contributed by atoms with Crippen LogP contribution in [0.25, 0.3) is 16.8 Å². The van der Waals surface area contributed by atoms with E-state index in [1.807, 2.05) is 23.1 Å². The number of nitrogens with two attached hydrogens (primary N) is 1. The first-order chi connectivity index (χ1) is 21.9. The standard InChI is InChI=1S/C32H34F3N7O4/c1-18(45-3)23-14-38-27(36)26-25(40-28(42(23)26)21-5-4-12-41(15-21)30(44)31(2)16-46-17-31)19-6-8-20(9-7-19)29(43)39-24-13-22(10-11-37-24)32(33,34)35/h6-11,13-14,18,21H,4-5,12,15-17H2,1-3H3,(H2,36,38)(H,37,39,43)/t18-,21+/m0/s1. The molecule has 0 spiro atoms. The average molecular weight is 638 g/mol. The molecule has 5 heterocycles. The zero-order valence-electron chi connectivity index (χ0n) is 25.6. The van der Waals surface area contributed by atoms with Crippen LogP contribution in [-0.4, -0.2) is 69.5 Å². The van der Waals surface area contributed by atoms with Gasteiger partial charge in [0.05, 0.1) is 42.2 Å². The second-order valence-electron chi connectivity index (χ2n) is 12.1. The van der Waals surface area contributed by atoms with Gasteiger partial charge in [-0.2, -0.15) is 13.2 Å². The van der Waals surface area contributed by atoms with Crippen molar-refractivity contribution in [3.05, 3.63) is 71.4 Å². The maximum atomic E-state index is 13.4. The molecule has 2 amide bonds. The van der Waals surface area contributed by atoms with E-state index in [-0.39, 0.29) is 35.1 Å².